The monoisotopic (exact) mass is 338 g/mol. The summed E-state index contributed by atoms with van der Waals surface area (Å²) in [7, 11) is 0. The minimum Gasteiger partial charge on any atom is -0.349 e. The highest BCUT2D eigenvalue weighted by Gasteiger charge is 2.00. The van der Waals surface area contributed by atoms with Crippen LogP contribution >= 0.6 is 0 Å². The van der Waals surface area contributed by atoms with Crippen LogP contribution in [0.1, 0.15) is 97.8 Å². The van der Waals surface area contributed by atoms with Crippen LogP contribution in [0.3, 0.4) is 0 Å². The number of rotatable bonds is 18. The van der Waals surface area contributed by atoms with Crippen LogP contribution in [0, 0.1) is 0 Å². The van der Waals surface area contributed by atoms with Gasteiger partial charge in [-0.05, 0) is 52.0 Å². The Morgan fingerprint density at radius 1 is 0.583 bits per heavy atom. The van der Waals surface area contributed by atoms with E-state index in [1.54, 1.807) is 0 Å². The lowest BCUT2D eigenvalue weighted by Crippen LogP contribution is -2.14. The minimum atomic E-state index is -0.156. The average Bonchev–Trinajstić information content (AvgIpc) is 2.58. The summed E-state index contributed by atoms with van der Waals surface area (Å²) in [6, 6.07) is 0. The zero-order chi connectivity index (χ0) is 17.7. The second-order valence-electron chi connectivity index (χ2n) is 6.37. The van der Waals surface area contributed by atoms with Gasteiger partial charge in [-0.1, -0.05) is 70.1 Å². The van der Waals surface area contributed by atoms with Gasteiger partial charge in [0.15, 0.2) is 6.29 Å². The Morgan fingerprint density at radius 3 is 1.54 bits per heavy atom. The zero-order valence-electron chi connectivity index (χ0n) is 16.6. The van der Waals surface area contributed by atoms with Crippen LogP contribution in [0.15, 0.2) is 24.3 Å². The molecule has 0 aromatic carbocycles. The summed E-state index contributed by atoms with van der Waals surface area (Å²) in [6.45, 7) is 7.65. The number of hydrogen-bond acceptors (Lipinski definition) is 2. The zero-order valence-corrected chi connectivity index (χ0v) is 16.6. The summed E-state index contributed by atoms with van der Waals surface area (Å²) in [5.74, 6) is 0. The van der Waals surface area contributed by atoms with Gasteiger partial charge in [0.1, 0.15) is 0 Å². The second kappa shape index (κ2) is 20.4. The summed E-state index contributed by atoms with van der Waals surface area (Å²) in [5, 5.41) is 0. The largest absolute Gasteiger partial charge is 0.349 e. The molecule has 0 spiro atoms. The first-order valence-corrected chi connectivity index (χ1v) is 10.4. The molecule has 0 aliphatic rings. The van der Waals surface area contributed by atoms with Crippen molar-refractivity contribution in [3.05, 3.63) is 24.3 Å². The molecule has 0 rings (SSSR count). The van der Waals surface area contributed by atoms with E-state index in [1.165, 1.54) is 70.6 Å². The quantitative estimate of drug-likeness (QED) is 0.149. The molecule has 2 heteroatoms. The molecule has 0 saturated heterocycles. The van der Waals surface area contributed by atoms with E-state index in [4.69, 9.17) is 9.47 Å². The molecular formula is C22H42O2. The van der Waals surface area contributed by atoms with Crippen LogP contribution in [-0.2, 0) is 9.47 Å². The smallest absolute Gasteiger partial charge is 0.176 e. The molecule has 0 fully saturated rings. The van der Waals surface area contributed by atoms with Gasteiger partial charge >= 0.3 is 0 Å². The van der Waals surface area contributed by atoms with Crippen molar-refractivity contribution in [3.63, 3.8) is 0 Å². The summed E-state index contributed by atoms with van der Waals surface area (Å²) in [4.78, 5) is 0. The van der Waals surface area contributed by atoms with Crippen molar-refractivity contribution in [2.24, 2.45) is 0 Å². The van der Waals surface area contributed by atoms with Gasteiger partial charge < -0.3 is 9.47 Å². The number of hydrogen-bond donors (Lipinski definition) is 0. The Bertz CT molecular complexity index is 278. The third kappa shape index (κ3) is 17.7. The molecule has 24 heavy (non-hydrogen) atoms. The summed E-state index contributed by atoms with van der Waals surface area (Å²) < 4.78 is 11.0. The Hall–Kier alpha value is -0.600. The van der Waals surface area contributed by atoms with Gasteiger partial charge in [-0.2, -0.15) is 0 Å². The maximum atomic E-state index is 5.49. The van der Waals surface area contributed by atoms with Crippen molar-refractivity contribution in [3.8, 4) is 0 Å². The lowest BCUT2D eigenvalue weighted by Gasteiger charge is -2.12. The molecule has 0 radical (unpaired) electrons. The van der Waals surface area contributed by atoms with E-state index in [-0.39, 0.29) is 6.29 Å². The van der Waals surface area contributed by atoms with Crippen LogP contribution in [-0.4, -0.2) is 19.5 Å². The van der Waals surface area contributed by atoms with Crippen LogP contribution < -0.4 is 0 Å². The topological polar surface area (TPSA) is 18.5 Å². The highest BCUT2D eigenvalue weighted by atomic mass is 16.7. The standard InChI is InChI=1S/C22H42O2/c1-4-7-8-9-10-11-12-13-14-15-16-17-18-19-20-21-22(23-5-2)24-6-3/h9-10,20-22H,4-8,11-19H2,1-3H3/b10-9-,21-20-. The molecule has 0 N–H and O–H groups in total. The summed E-state index contributed by atoms with van der Waals surface area (Å²) in [6.07, 6.45) is 24.7. The molecule has 0 aliphatic heterocycles. The van der Waals surface area contributed by atoms with Crippen molar-refractivity contribution in [2.45, 2.75) is 104 Å². The molecule has 0 unspecified atom stereocenters. The SMILES string of the molecule is CCCC/C=C\CCCCCCCCC/C=C\C(OCC)OCC. The predicted octanol–water partition coefficient (Wildman–Crippen LogP) is 7.20. The van der Waals surface area contributed by atoms with E-state index in [9.17, 15) is 0 Å². The third-order valence-electron chi connectivity index (χ3n) is 4.09. The van der Waals surface area contributed by atoms with E-state index >= 15 is 0 Å². The molecule has 142 valence electrons. The summed E-state index contributed by atoms with van der Waals surface area (Å²) in [5.41, 5.74) is 0. The first-order valence-electron chi connectivity index (χ1n) is 10.4. The molecule has 0 aliphatic carbocycles. The van der Waals surface area contributed by atoms with Crippen LogP contribution in [0.25, 0.3) is 0 Å². The Balaban J connectivity index is 3.31. The molecular weight excluding hydrogens is 296 g/mol. The number of unbranched alkanes of at least 4 members (excludes halogenated alkanes) is 10. The van der Waals surface area contributed by atoms with Gasteiger partial charge in [0.05, 0.1) is 0 Å². The first-order chi connectivity index (χ1) is 11.8. The van der Waals surface area contributed by atoms with Gasteiger partial charge in [0.25, 0.3) is 0 Å². The van der Waals surface area contributed by atoms with Crippen LogP contribution in [0.5, 0.6) is 0 Å². The molecule has 0 aromatic heterocycles. The van der Waals surface area contributed by atoms with Crippen molar-refractivity contribution < 1.29 is 9.47 Å². The lowest BCUT2D eigenvalue weighted by molar-refractivity contribution is -0.104. The molecule has 0 aromatic rings. The molecule has 0 amide bonds. The van der Waals surface area contributed by atoms with Gasteiger partial charge in [-0.3, -0.25) is 0 Å². The van der Waals surface area contributed by atoms with E-state index in [0.29, 0.717) is 13.2 Å². The predicted molar refractivity (Wildman–Crippen MR) is 106 cm³/mol. The fourth-order valence-corrected chi connectivity index (χ4v) is 2.66. The molecule has 0 atom stereocenters. The fraction of sp³-hybridized carbons (Fsp3) is 0.818. The molecule has 2 nitrogen and oxygen atoms in total. The van der Waals surface area contributed by atoms with Crippen LogP contribution in [0.4, 0.5) is 0 Å². The van der Waals surface area contributed by atoms with E-state index < -0.39 is 0 Å². The van der Waals surface area contributed by atoms with E-state index in [2.05, 4.69) is 31.2 Å². The number of ether oxygens (including phenoxy) is 2. The van der Waals surface area contributed by atoms with Crippen molar-refractivity contribution in [1.29, 1.82) is 0 Å². The van der Waals surface area contributed by atoms with Crippen LogP contribution in [0.2, 0.25) is 0 Å². The Kier molecular flexibility index (Phi) is 19.9. The van der Waals surface area contributed by atoms with E-state index in [1.807, 2.05) is 13.8 Å². The van der Waals surface area contributed by atoms with Gasteiger partial charge in [0.2, 0.25) is 0 Å². The fourth-order valence-electron chi connectivity index (χ4n) is 2.66. The van der Waals surface area contributed by atoms with E-state index in [0.717, 1.165) is 6.42 Å². The lowest BCUT2D eigenvalue weighted by atomic mass is 10.1. The van der Waals surface area contributed by atoms with Gasteiger partial charge in [-0.15, -0.1) is 0 Å². The third-order valence-corrected chi connectivity index (χ3v) is 4.09. The summed E-state index contributed by atoms with van der Waals surface area (Å²) >= 11 is 0. The normalized spacial score (nSPS) is 12.2. The molecule has 0 saturated carbocycles. The first kappa shape index (κ1) is 23.4. The van der Waals surface area contributed by atoms with Crippen molar-refractivity contribution >= 4 is 0 Å². The molecule has 0 heterocycles. The second-order valence-corrected chi connectivity index (χ2v) is 6.37. The highest BCUT2D eigenvalue weighted by molar-refractivity contribution is 4.85. The highest BCUT2D eigenvalue weighted by Crippen LogP contribution is 2.11. The van der Waals surface area contributed by atoms with Crippen molar-refractivity contribution in [1.82, 2.24) is 0 Å². The van der Waals surface area contributed by atoms with Crippen molar-refractivity contribution in [2.75, 3.05) is 13.2 Å². The molecule has 0 bridgehead atoms. The maximum Gasteiger partial charge on any atom is 0.176 e. The number of allylic oxidation sites excluding steroid dienone is 3. The Morgan fingerprint density at radius 2 is 1.04 bits per heavy atom. The van der Waals surface area contributed by atoms with Gasteiger partial charge in [0, 0.05) is 13.2 Å². The minimum absolute atomic E-state index is 0.156. The Labute approximate surface area is 151 Å². The maximum absolute atomic E-state index is 5.49. The average molecular weight is 339 g/mol. The van der Waals surface area contributed by atoms with Gasteiger partial charge in [-0.25, -0.2) is 0 Å².